The van der Waals surface area contributed by atoms with Crippen LogP contribution in [0.1, 0.15) is 162 Å². The number of carbonyl (C=O) groups is 1. The number of aliphatic hydroxyl groups is 2. The molecule has 0 saturated carbocycles. The molecule has 4 unspecified atom stereocenters. The Hall–Kier alpha value is -0.800. The van der Waals surface area contributed by atoms with Crippen LogP contribution in [0.25, 0.3) is 0 Å². The van der Waals surface area contributed by atoms with Gasteiger partial charge in [-0.25, -0.2) is 4.57 Å². The highest BCUT2D eigenvalue weighted by Crippen LogP contribution is 2.43. The van der Waals surface area contributed by atoms with E-state index in [0.717, 1.165) is 38.5 Å². The lowest BCUT2D eigenvalue weighted by Gasteiger charge is -2.24. The molecule has 0 fully saturated rings. The molecule has 0 saturated heterocycles. The van der Waals surface area contributed by atoms with Crippen LogP contribution in [0, 0.1) is 0 Å². The monoisotopic (exact) mass is 648 g/mol. The van der Waals surface area contributed by atoms with Gasteiger partial charge in [0.05, 0.1) is 37.9 Å². The molecule has 0 aliphatic heterocycles. The van der Waals surface area contributed by atoms with E-state index in [2.05, 4.69) is 19.2 Å². The van der Waals surface area contributed by atoms with E-state index in [1.807, 2.05) is 6.08 Å². The van der Waals surface area contributed by atoms with Gasteiger partial charge in [0.2, 0.25) is 5.91 Å². The second kappa shape index (κ2) is 30.8. The minimum absolute atomic E-state index is 0.0509. The van der Waals surface area contributed by atoms with E-state index in [4.69, 9.17) is 14.8 Å². The van der Waals surface area contributed by atoms with Crippen LogP contribution < -0.4 is 11.1 Å². The predicted molar refractivity (Wildman–Crippen MR) is 181 cm³/mol. The molecule has 0 aromatic heterocycles. The summed E-state index contributed by atoms with van der Waals surface area (Å²) in [6.45, 7) is 3.92. The summed E-state index contributed by atoms with van der Waals surface area (Å²) >= 11 is 0. The van der Waals surface area contributed by atoms with Crippen molar-refractivity contribution in [3.63, 3.8) is 0 Å². The summed E-state index contributed by atoms with van der Waals surface area (Å²) in [4.78, 5) is 22.5. The lowest BCUT2D eigenvalue weighted by molar-refractivity contribution is -0.124. The average Bonchev–Trinajstić information content (AvgIpc) is 2.99. The fourth-order valence-corrected chi connectivity index (χ4v) is 5.93. The fraction of sp³-hybridized carbons (Fsp3) is 0.912. The van der Waals surface area contributed by atoms with Crippen LogP contribution >= 0.6 is 7.82 Å². The highest BCUT2D eigenvalue weighted by Gasteiger charge is 2.27. The highest BCUT2D eigenvalue weighted by atomic mass is 31.2. The molecular weight excluding hydrogens is 579 g/mol. The summed E-state index contributed by atoms with van der Waals surface area (Å²) in [6.07, 6.45) is 27.3. The van der Waals surface area contributed by atoms with Crippen molar-refractivity contribution in [3.8, 4) is 0 Å². The molecule has 0 radical (unpaired) electrons. The van der Waals surface area contributed by atoms with E-state index in [-0.39, 0.29) is 19.6 Å². The van der Waals surface area contributed by atoms with Crippen molar-refractivity contribution in [2.24, 2.45) is 5.73 Å². The second-order valence-electron chi connectivity index (χ2n) is 12.3. The van der Waals surface area contributed by atoms with Crippen molar-refractivity contribution >= 4 is 13.7 Å². The molecule has 0 spiro atoms. The van der Waals surface area contributed by atoms with Crippen LogP contribution in [0.2, 0.25) is 0 Å². The molecule has 1 amide bonds. The van der Waals surface area contributed by atoms with Crippen LogP contribution in [0.15, 0.2) is 12.2 Å². The number of unbranched alkanes of at least 4 members (excludes halogenated alkanes) is 19. The number of carbonyl (C=O) groups excluding carboxylic acids is 1. The van der Waals surface area contributed by atoms with Gasteiger partial charge < -0.3 is 26.2 Å². The van der Waals surface area contributed by atoms with Crippen LogP contribution in [-0.4, -0.2) is 59.0 Å². The summed E-state index contributed by atoms with van der Waals surface area (Å²) in [5.74, 6) is -0.449. The molecule has 0 aliphatic carbocycles. The van der Waals surface area contributed by atoms with Gasteiger partial charge in [-0.15, -0.1) is 0 Å². The highest BCUT2D eigenvalue weighted by molar-refractivity contribution is 7.47. The molecule has 44 heavy (non-hydrogen) atoms. The van der Waals surface area contributed by atoms with Crippen LogP contribution in [0.5, 0.6) is 0 Å². The second-order valence-corrected chi connectivity index (χ2v) is 13.7. The van der Waals surface area contributed by atoms with E-state index in [1.165, 1.54) is 96.3 Å². The number of amides is 1. The molecule has 4 atom stereocenters. The Kier molecular flexibility index (Phi) is 30.3. The zero-order chi connectivity index (χ0) is 32.7. The SMILES string of the molecule is CCCCCCCCCCCCC/C=C/C(O)C(COP(=O)(O)OCCN)NC(=O)CC(O)CCCCCCCCCCC. The number of nitrogens with one attached hydrogen (secondary N) is 1. The number of phosphoric ester groups is 1. The summed E-state index contributed by atoms with van der Waals surface area (Å²) < 4.78 is 21.9. The fourth-order valence-electron chi connectivity index (χ4n) is 5.17. The number of allylic oxidation sites excluding steroid dienone is 1. The lowest BCUT2D eigenvalue weighted by Crippen LogP contribution is -2.46. The summed E-state index contributed by atoms with van der Waals surface area (Å²) in [6, 6.07) is -0.974. The largest absolute Gasteiger partial charge is 0.472 e. The zero-order valence-corrected chi connectivity index (χ0v) is 29.2. The Morgan fingerprint density at radius 2 is 1.25 bits per heavy atom. The first kappa shape index (κ1) is 43.2. The third-order valence-electron chi connectivity index (χ3n) is 7.92. The van der Waals surface area contributed by atoms with Gasteiger partial charge in [-0.1, -0.05) is 148 Å². The van der Waals surface area contributed by atoms with Crippen molar-refractivity contribution in [1.82, 2.24) is 5.32 Å². The lowest BCUT2D eigenvalue weighted by atomic mass is 10.0. The Bertz CT molecular complexity index is 726. The van der Waals surface area contributed by atoms with Crippen molar-refractivity contribution in [3.05, 3.63) is 12.2 Å². The smallest absolute Gasteiger partial charge is 0.393 e. The average molecular weight is 649 g/mol. The topological polar surface area (TPSA) is 151 Å². The maximum absolute atomic E-state index is 12.7. The Morgan fingerprint density at radius 1 is 0.773 bits per heavy atom. The number of phosphoric acid groups is 1. The number of hydrogen-bond acceptors (Lipinski definition) is 7. The maximum atomic E-state index is 12.7. The summed E-state index contributed by atoms with van der Waals surface area (Å²) in [5.41, 5.74) is 5.33. The summed E-state index contributed by atoms with van der Waals surface area (Å²) in [5, 5.41) is 23.8. The van der Waals surface area contributed by atoms with Gasteiger partial charge in [-0.05, 0) is 19.3 Å². The number of aliphatic hydroxyl groups excluding tert-OH is 2. The number of rotatable bonds is 33. The van der Waals surface area contributed by atoms with Crippen LogP contribution in [-0.2, 0) is 18.4 Å². The number of nitrogens with two attached hydrogens (primary N) is 1. The van der Waals surface area contributed by atoms with Gasteiger partial charge in [0.15, 0.2) is 0 Å². The molecule has 262 valence electrons. The van der Waals surface area contributed by atoms with E-state index in [0.29, 0.717) is 6.42 Å². The molecule has 6 N–H and O–H groups in total. The van der Waals surface area contributed by atoms with E-state index in [9.17, 15) is 24.5 Å². The Balaban J connectivity index is 4.50. The Labute approximate surface area is 269 Å². The van der Waals surface area contributed by atoms with Crippen molar-refractivity contribution in [1.29, 1.82) is 0 Å². The zero-order valence-electron chi connectivity index (χ0n) is 28.3. The summed E-state index contributed by atoms with van der Waals surface area (Å²) in [7, 11) is -4.38. The normalized spacial score (nSPS) is 15.3. The first-order valence-corrected chi connectivity index (χ1v) is 19.4. The molecular formula is C34H69N2O7P. The van der Waals surface area contributed by atoms with Crippen molar-refractivity contribution in [2.45, 2.75) is 180 Å². The minimum atomic E-state index is -4.38. The van der Waals surface area contributed by atoms with E-state index >= 15 is 0 Å². The van der Waals surface area contributed by atoms with Crippen LogP contribution in [0.3, 0.4) is 0 Å². The molecule has 0 aromatic rings. The first-order valence-electron chi connectivity index (χ1n) is 17.9. The standard InChI is InChI=1S/C34H69N2O7P/c1-3-5-7-9-11-13-14-15-16-18-20-22-24-26-33(38)32(30-43-44(40,41)42-28-27-35)36-34(39)29-31(37)25-23-21-19-17-12-10-8-6-4-2/h24,26,31-33,37-38H,3-23,25,27-30,35H2,1-2H3,(H,36,39)(H,40,41)/b26-24+. The van der Waals surface area contributed by atoms with Gasteiger partial charge in [-0.3, -0.25) is 13.8 Å². The minimum Gasteiger partial charge on any atom is -0.393 e. The Morgan fingerprint density at radius 3 is 1.75 bits per heavy atom. The molecule has 10 heteroatoms. The van der Waals surface area contributed by atoms with Gasteiger partial charge in [0.1, 0.15) is 0 Å². The quantitative estimate of drug-likeness (QED) is 0.0274. The molecule has 0 bridgehead atoms. The third kappa shape index (κ3) is 28.7. The first-order chi connectivity index (χ1) is 21.3. The van der Waals surface area contributed by atoms with Gasteiger partial charge in [-0.2, -0.15) is 0 Å². The number of hydrogen-bond donors (Lipinski definition) is 5. The predicted octanol–water partition coefficient (Wildman–Crippen LogP) is 7.85. The van der Waals surface area contributed by atoms with Gasteiger partial charge in [0, 0.05) is 6.54 Å². The molecule has 0 heterocycles. The molecule has 0 aliphatic rings. The van der Waals surface area contributed by atoms with Crippen LogP contribution in [0.4, 0.5) is 0 Å². The van der Waals surface area contributed by atoms with Gasteiger partial charge in [0.25, 0.3) is 0 Å². The van der Waals surface area contributed by atoms with Crippen molar-refractivity contribution < 1.29 is 33.5 Å². The van der Waals surface area contributed by atoms with Gasteiger partial charge >= 0.3 is 7.82 Å². The third-order valence-corrected chi connectivity index (χ3v) is 8.90. The van der Waals surface area contributed by atoms with E-state index < -0.39 is 38.6 Å². The van der Waals surface area contributed by atoms with E-state index in [1.54, 1.807) is 6.08 Å². The molecule has 9 nitrogen and oxygen atoms in total. The maximum Gasteiger partial charge on any atom is 0.472 e. The molecule has 0 rings (SSSR count). The molecule has 0 aromatic carbocycles. The van der Waals surface area contributed by atoms with Crippen molar-refractivity contribution in [2.75, 3.05) is 19.8 Å².